The van der Waals surface area contributed by atoms with E-state index in [1.165, 1.54) is 5.56 Å². The molecule has 0 bridgehead atoms. The summed E-state index contributed by atoms with van der Waals surface area (Å²) in [4.78, 5) is 10.1. The molecule has 2 aromatic rings. The number of halogens is 3. The monoisotopic (exact) mass is 389 g/mol. The summed E-state index contributed by atoms with van der Waals surface area (Å²) in [6.45, 7) is 0.730. The van der Waals surface area contributed by atoms with E-state index < -0.39 is 0 Å². The molecule has 3 nitrogen and oxygen atoms in total. The van der Waals surface area contributed by atoms with Crippen LogP contribution in [0.5, 0.6) is 0 Å². The lowest BCUT2D eigenvalue weighted by Crippen LogP contribution is -2.18. The lowest BCUT2D eigenvalue weighted by molar-refractivity contribution is 0.883. The Morgan fingerprint density at radius 2 is 1.94 bits per heavy atom. The van der Waals surface area contributed by atoms with Crippen LogP contribution in [0, 0.1) is 0 Å². The van der Waals surface area contributed by atoms with Crippen LogP contribution >= 0.6 is 43.5 Å². The molecule has 0 aliphatic carbocycles. The van der Waals surface area contributed by atoms with Gasteiger partial charge >= 0.3 is 0 Å². The van der Waals surface area contributed by atoms with E-state index in [0.29, 0.717) is 0 Å². The minimum atomic E-state index is 0.243. The molecule has 94 valence electrons. The van der Waals surface area contributed by atoms with E-state index in [9.17, 15) is 0 Å². The quantitative estimate of drug-likeness (QED) is 0.731. The Hall–Kier alpha value is -0.650. The maximum Gasteiger partial charge on any atom is 0.224 e. The molecule has 1 aromatic heterocycles. The third-order valence-electron chi connectivity index (χ3n) is 2.42. The van der Waals surface area contributed by atoms with Crippen LogP contribution in [0.25, 0.3) is 0 Å². The SMILES string of the molecule is CN(Cc1ccccc1Br)c1nc(Cl)ncc1Br. The van der Waals surface area contributed by atoms with Crippen molar-refractivity contribution in [1.82, 2.24) is 9.97 Å². The summed E-state index contributed by atoms with van der Waals surface area (Å²) in [5.41, 5.74) is 1.18. The standard InChI is InChI=1S/C12H10Br2ClN3/c1-18(7-8-4-2-3-5-9(8)13)11-10(14)6-16-12(15)17-11/h2-6H,7H2,1H3. The first-order valence-electron chi connectivity index (χ1n) is 5.20. The third-order valence-corrected chi connectivity index (χ3v) is 3.94. The van der Waals surface area contributed by atoms with Gasteiger partial charge in [-0.15, -0.1) is 0 Å². The largest absolute Gasteiger partial charge is 0.354 e. The zero-order valence-electron chi connectivity index (χ0n) is 9.57. The van der Waals surface area contributed by atoms with E-state index in [2.05, 4.69) is 47.9 Å². The van der Waals surface area contributed by atoms with E-state index in [0.717, 1.165) is 21.3 Å². The van der Waals surface area contributed by atoms with Crippen LogP contribution in [0.1, 0.15) is 5.56 Å². The lowest BCUT2D eigenvalue weighted by atomic mass is 10.2. The van der Waals surface area contributed by atoms with Crippen molar-refractivity contribution in [1.29, 1.82) is 0 Å². The molecular weight excluding hydrogens is 381 g/mol. The highest BCUT2D eigenvalue weighted by Crippen LogP contribution is 2.26. The van der Waals surface area contributed by atoms with Crippen molar-refractivity contribution in [3.63, 3.8) is 0 Å². The predicted octanol–water partition coefficient (Wildman–Crippen LogP) is 4.29. The van der Waals surface area contributed by atoms with Gasteiger partial charge in [-0.3, -0.25) is 0 Å². The Morgan fingerprint density at radius 3 is 2.67 bits per heavy atom. The second-order valence-corrected chi connectivity index (χ2v) is 5.80. The minimum absolute atomic E-state index is 0.243. The van der Waals surface area contributed by atoms with Gasteiger partial charge in [-0.05, 0) is 39.2 Å². The van der Waals surface area contributed by atoms with Gasteiger partial charge in [-0.1, -0.05) is 34.1 Å². The molecule has 0 saturated carbocycles. The van der Waals surface area contributed by atoms with Gasteiger partial charge in [0.15, 0.2) is 0 Å². The van der Waals surface area contributed by atoms with Crippen molar-refractivity contribution < 1.29 is 0 Å². The third kappa shape index (κ3) is 3.22. The molecule has 0 saturated heterocycles. The van der Waals surface area contributed by atoms with Gasteiger partial charge in [0.05, 0.1) is 4.47 Å². The first-order chi connectivity index (χ1) is 8.58. The number of benzene rings is 1. The Balaban J connectivity index is 2.25. The summed E-state index contributed by atoms with van der Waals surface area (Å²) in [6, 6.07) is 8.09. The molecule has 0 spiro atoms. The molecule has 18 heavy (non-hydrogen) atoms. The van der Waals surface area contributed by atoms with Crippen LogP contribution in [0.3, 0.4) is 0 Å². The summed E-state index contributed by atoms with van der Waals surface area (Å²) in [5, 5.41) is 0.243. The molecule has 6 heteroatoms. The molecule has 1 aromatic carbocycles. The van der Waals surface area contributed by atoms with E-state index in [1.807, 2.05) is 30.1 Å². The zero-order valence-corrected chi connectivity index (χ0v) is 13.5. The van der Waals surface area contributed by atoms with Crippen LogP contribution in [0.2, 0.25) is 5.28 Å². The van der Waals surface area contributed by atoms with E-state index >= 15 is 0 Å². The molecule has 1 heterocycles. The number of rotatable bonds is 3. The van der Waals surface area contributed by atoms with Crippen LogP contribution in [-0.2, 0) is 6.54 Å². The number of aromatic nitrogens is 2. The first kappa shape index (κ1) is 13.8. The van der Waals surface area contributed by atoms with Crippen molar-refractivity contribution in [2.75, 3.05) is 11.9 Å². The fourth-order valence-corrected chi connectivity index (χ4v) is 2.59. The predicted molar refractivity (Wildman–Crippen MR) is 81.0 cm³/mol. The van der Waals surface area contributed by atoms with Crippen molar-refractivity contribution in [3.8, 4) is 0 Å². The van der Waals surface area contributed by atoms with Crippen LogP contribution < -0.4 is 4.90 Å². The topological polar surface area (TPSA) is 29.0 Å². The molecule has 2 rings (SSSR count). The van der Waals surface area contributed by atoms with Gasteiger partial charge in [0.1, 0.15) is 5.82 Å². The Labute approximate surface area is 127 Å². The summed E-state index contributed by atoms with van der Waals surface area (Å²) < 4.78 is 1.90. The molecule has 0 amide bonds. The van der Waals surface area contributed by atoms with Crippen LogP contribution in [0.4, 0.5) is 5.82 Å². The van der Waals surface area contributed by atoms with Crippen LogP contribution in [-0.4, -0.2) is 17.0 Å². The molecule has 0 unspecified atom stereocenters. The Morgan fingerprint density at radius 1 is 1.22 bits per heavy atom. The maximum absolute atomic E-state index is 5.82. The fraction of sp³-hybridized carbons (Fsp3) is 0.167. The van der Waals surface area contributed by atoms with E-state index in [1.54, 1.807) is 6.20 Å². The van der Waals surface area contributed by atoms with Gasteiger partial charge < -0.3 is 4.90 Å². The van der Waals surface area contributed by atoms with Gasteiger partial charge in [0, 0.05) is 24.3 Å². The molecule has 0 aliphatic rings. The minimum Gasteiger partial charge on any atom is -0.354 e. The van der Waals surface area contributed by atoms with E-state index in [4.69, 9.17) is 11.6 Å². The van der Waals surface area contributed by atoms with Gasteiger partial charge in [0.2, 0.25) is 5.28 Å². The Bertz CT molecular complexity index is 563. The highest BCUT2D eigenvalue weighted by molar-refractivity contribution is 9.10. The second-order valence-electron chi connectivity index (χ2n) is 3.76. The van der Waals surface area contributed by atoms with Crippen molar-refractivity contribution >= 4 is 49.3 Å². The summed E-state index contributed by atoms with van der Waals surface area (Å²) in [6.07, 6.45) is 1.65. The number of nitrogens with zero attached hydrogens (tertiary/aromatic N) is 3. The molecule has 0 N–H and O–H groups in total. The molecule has 0 fully saturated rings. The summed E-state index contributed by atoms with van der Waals surface area (Å²) >= 11 is 12.8. The van der Waals surface area contributed by atoms with Gasteiger partial charge in [-0.25, -0.2) is 4.98 Å². The average molecular weight is 391 g/mol. The fourth-order valence-electron chi connectivity index (χ4n) is 1.56. The normalized spacial score (nSPS) is 10.4. The first-order valence-corrected chi connectivity index (χ1v) is 7.17. The smallest absolute Gasteiger partial charge is 0.224 e. The van der Waals surface area contributed by atoms with Crippen molar-refractivity contribution in [2.24, 2.45) is 0 Å². The average Bonchev–Trinajstić information content (AvgIpc) is 2.35. The zero-order chi connectivity index (χ0) is 13.1. The maximum atomic E-state index is 5.82. The van der Waals surface area contributed by atoms with Crippen molar-refractivity contribution in [2.45, 2.75) is 6.54 Å². The highest BCUT2D eigenvalue weighted by Gasteiger charge is 2.10. The number of hydrogen-bond donors (Lipinski definition) is 0. The summed E-state index contributed by atoms with van der Waals surface area (Å²) in [7, 11) is 1.96. The molecule has 0 radical (unpaired) electrons. The number of hydrogen-bond acceptors (Lipinski definition) is 3. The second kappa shape index (κ2) is 5.99. The van der Waals surface area contributed by atoms with Crippen LogP contribution in [0.15, 0.2) is 39.4 Å². The molecule has 0 atom stereocenters. The summed E-state index contributed by atoms with van der Waals surface area (Å²) in [5.74, 6) is 0.769. The Kier molecular flexibility index (Phi) is 4.59. The molecular formula is C12H10Br2ClN3. The van der Waals surface area contributed by atoms with Gasteiger partial charge in [0.25, 0.3) is 0 Å². The highest BCUT2D eigenvalue weighted by atomic mass is 79.9. The lowest BCUT2D eigenvalue weighted by Gasteiger charge is -2.20. The molecule has 0 aliphatic heterocycles. The van der Waals surface area contributed by atoms with Crippen molar-refractivity contribution in [3.05, 3.63) is 50.3 Å². The number of anilines is 1. The van der Waals surface area contributed by atoms with Gasteiger partial charge in [-0.2, -0.15) is 4.98 Å². The van der Waals surface area contributed by atoms with E-state index in [-0.39, 0.29) is 5.28 Å².